The van der Waals surface area contributed by atoms with Crippen molar-refractivity contribution in [3.8, 4) is 0 Å². The molecular weight excluding hydrogens is 242 g/mol. The number of hydrogen-bond donors (Lipinski definition) is 0. The van der Waals surface area contributed by atoms with Crippen molar-refractivity contribution in [1.82, 2.24) is 0 Å². The van der Waals surface area contributed by atoms with Gasteiger partial charge in [-0.3, -0.25) is 10.1 Å². The van der Waals surface area contributed by atoms with E-state index in [1.807, 2.05) is 13.8 Å². The smallest absolute Gasteiger partial charge is 0.224 e. The maximum Gasteiger partial charge on any atom is 0.224 e. The van der Waals surface area contributed by atoms with Gasteiger partial charge in [-0.25, -0.2) is 0 Å². The van der Waals surface area contributed by atoms with Gasteiger partial charge in [0.25, 0.3) is 0 Å². The van der Waals surface area contributed by atoms with Crippen LogP contribution in [-0.2, 0) is 4.79 Å². The summed E-state index contributed by atoms with van der Waals surface area (Å²) in [5, 5.41) is 20.8. The van der Waals surface area contributed by atoms with E-state index in [-0.39, 0.29) is 16.1 Å². The first-order chi connectivity index (χ1) is 7.84. The molecule has 0 bridgehead atoms. The minimum Gasteiger partial charge on any atom is -0.549 e. The highest BCUT2D eigenvalue weighted by Crippen LogP contribution is 2.30. The fourth-order valence-electron chi connectivity index (χ4n) is 1.70. The zero-order chi connectivity index (χ0) is 13.6. The number of rotatable bonds is 8. The van der Waals surface area contributed by atoms with Crippen LogP contribution >= 0.6 is 11.8 Å². The molecule has 3 unspecified atom stereocenters. The molecule has 17 heavy (non-hydrogen) atoms. The molecule has 3 atom stereocenters. The van der Waals surface area contributed by atoms with Gasteiger partial charge >= 0.3 is 0 Å². The average Bonchev–Trinajstić information content (AvgIpc) is 2.22. The molecule has 0 heterocycles. The molecule has 0 rings (SSSR count). The van der Waals surface area contributed by atoms with E-state index in [2.05, 4.69) is 0 Å². The highest BCUT2D eigenvalue weighted by atomic mass is 32.2. The van der Waals surface area contributed by atoms with E-state index in [1.165, 1.54) is 0 Å². The molecule has 0 aromatic carbocycles. The molecule has 0 spiro atoms. The molecule has 0 aliphatic rings. The number of aliphatic carboxylic acids is 1. The molecule has 6 heteroatoms. The predicted octanol–water partition coefficient (Wildman–Crippen LogP) is 1.33. The molecule has 0 fully saturated rings. The van der Waals surface area contributed by atoms with Crippen molar-refractivity contribution >= 4 is 17.7 Å². The maximum atomic E-state index is 10.9. The number of nitro groups is 1. The van der Waals surface area contributed by atoms with Crippen LogP contribution in [0.4, 0.5) is 0 Å². The van der Waals surface area contributed by atoms with Crippen LogP contribution in [0.3, 0.4) is 0 Å². The summed E-state index contributed by atoms with van der Waals surface area (Å²) >= 11 is 1.16. The van der Waals surface area contributed by atoms with Gasteiger partial charge in [0, 0.05) is 16.6 Å². The molecule has 0 aromatic rings. The molecule has 0 saturated carbocycles. The van der Waals surface area contributed by atoms with Gasteiger partial charge in [0.2, 0.25) is 6.04 Å². The second kappa shape index (κ2) is 7.53. The standard InChI is InChI=1S/C11H21NO4S/c1-5-8(12(15)16)10(7(3)4)17-9(6-2)11(13)14/h7-10H,5-6H2,1-4H3,(H,13,14)/p-1. The van der Waals surface area contributed by atoms with Crippen LogP contribution < -0.4 is 5.11 Å². The summed E-state index contributed by atoms with van der Waals surface area (Å²) in [6.07, 6.45) is 0.830. The first-order valence-electron chi connectivity index (χ1n) is 5.84. The summed E-state index contributed by atoms with van der Waals surface area (Å²) < 4.78 is 0. The van der Waals surface area contributed by atoms with Crippen molar-refractivity contribution in [2.24, 2.45) is 5.92 Å². The third-order valence-corrected chi connectivity index (χ3v) is 4.71. The monoisotopic (exact) mass is 262 g/mol. The van der Waals surface area contributed by atoms with E-state index >= 15 is 0 Å². The molecule has 0 amide bonds. The van der Waals surface area contributed by atoms with Crippen molar-refractivity contribution < 1.29 is 14.8 Å². The van der Waals surface area contributed by atoms with E-state index < -0.39 is 17.3 Å². The Labute approximate surface area is 106 Å². The van der Waals surface area contributed by atoms with Crippen molar-refractivity contribution in [2.45, 2.75) is 57.1 Å². The lowest BCUT2D eigenvalue weighted by atomic mass is 10.0. The molecule has 0 aromatic heterocycles. The molecule has 0 radical (unpaired) electrons. The SMILES string of the molecule is CCC(SC(C(C)C)C(CC)[N+](=O)[O-])C(=O)[O-]. The third-order valence-electron chi connectivity index (χ3n) is 2.68. The summed E-state index contributed by atoms with van der Waals surface area (Å²) in [4.78, 5) is 21.5. The van der Waals surface area contributed by atoms with Gasteiger partial charge < -0.3 is 9.90 Å². The number of hydrogen-bond acceptors (Lipinski definition) is 5. The Balaban J connectivity index is 4.84. The first-order valence-corrected chi connectivity index (χ1v) is 6.79. The van der Waals surface area contributed by atoms with Crippen LogP contribution in [0.15, 0.2) is 0 Å². The second-order valence-electron chi connectivity index (χ2n) is 4.32. The quantitative estimate of drug-likeness (QED) is 0.486. The van der Waals surface area contributed by atoms with E-state index in [0.29, 0.717) is 12.8 Å². The lowest BCUT2D eigenvalue weighted by Crippen LogP contribution is -2.40. The normalized spacial score (nSPS) is 16.5. The summed E-state index contributed by atoms with van der Waals surface area (Å²) in [7, 11) is 0. The van der Waals surface area contributed by atoms with Crippen molar-refractivity contribution in [2.75, 3.05) is 0 Å². The van der Waals surface area contributed by atoms with Gasteiger partial charge in [-0.2, -0.15) is 0 Å². The number of carbonyl (C=O) groups is 1. The fourth-order valence-corrected chi connectivity index (χ4v) is 3.17. The third kappa shape index (κ3) is 4.93. The Morgan fingerprint density at radius 1 is 1.29 bits per heavy atom. The van der Waals surface area contributed by atoms with Crippen molar-refractivity contribution in [3.63, 3.8) is 0 Å². The van der Waals surface area contributed by atoms with Crippen molar-refractivity contribution in [3.05, 3.63) is 10.1 Å². The Morgan fingerprint density at radius 3 is 2.06 bits per heavy atom. The van der Waals surface area contributed by atoms with Gasteiger partial charge in [-0.1, -0.05) is 27.7 Å². The number of nitrogens with zero attached hydrogens (tertiary/aromatic N) is 1. The fraction of sp³-hybridized carbons (Fsp3) is 0.909. The van der Waals surface area contributed by atoms with Gasteiger partial charge in [0.15, 0.2) is 0 Å². The number of carbonyl (C=O) groups excluding carboxylic acids is 1. The summed E-state index contributed by atoms with van der Waals surface area (Å²) in [5.74, 6) is -1.08. The number of carboxylic acids is 1. The molecule has 0 aliphatic carbocycles. The van der Waals surface area contributed by atoms with Crippen LogP contribution in [0.25, 0.3) is 0 Å². The first kappa shape index (κ1) is 16.2. The minimum atomic E-state index is -1.14. The highest BCUT2D eigenvalue weighted by molar-refractivity contribution is 8.01. The van der Waals surface area contributed by atoms with Crippen LogP contribution in [0, 0.1) is 16.0 Å². The molecule has 100 valence electrons. The Hall–Kier alpha value is -0.780. The minimum absolute atomic E-state index is 0.0590. The Bertz CT molecular complexity index is 270. The molecular formula is C11H20NO4S-. The lowest BCUT2D eigenvalue weighted by molar-refractivity contribution is -0.523. The summed E-state index contributed by atoms with van der Waals surface area (Å²) in [6.45, 7) is 7.26. The van der Waals surface area contributed by atoms with Gasteiger partial charge in [-0.05, 0) is 12.3 Å². The molecule has 0 saturated heterocycles. The maximum absolute atomic E-state index is 10.9. The Kier molecular flexibility index (Phi) is 7.18. The average molecular weight is 262 g/mol. The Morgan fingerprint density at radius 2 is 1.82 bits per heavy atom. The van der Waals surface area contributed by atoms with Crippen LogP contribution in [0.1, 0.15) is 40.5 Å². The van der Waals surface area contributed by atoms with Gasteiger partial charge in [0.1, 0.15) is 0 Å². The van der Waals surface area contributed by atoms with Gasteiger partial charge in [0.05, 0.1) is 11.2 Å². The van der Waals surface area contributed by atoms with E-state index in [4.69, 9.17) is 0 Å². The van der Waals surface area contributed by atoms with Crippen LogP contribution in [0.2, 0.25) is 0 Å². The molecule has 5 nitrogen and oxygen atoms in total. The largest absolute Gasteiger partial charge is 0.549 e. The van der Waals surface area contributed by atoms with Crippen molar-refractivity contribution in [1.29, 1.82) is 0 Å². The zero-order valence-corrected chi connectivity index (χ0v) is 11.5. The predicted molar refractivity (Wildman–Crippen MR) is 66.4 cm³/mol. The molecule has 0 aliphatic heterocycles. The van der Waals surface area contributed by atoms with Crippen LogP contribution in [-0.4, -0.2) is 27.4 Å². The summed E-state index contributed by atoms with van der Waals surface area (Å²) in [5.41, 5.74) is 0. The lowest BCUT2D eigenvalue weighted by Gasteiger charge is -2.27. The second-order valence-corrected chi connectivity index (χ2v) is 5.71. The van der Waals surface area contributed by atoms with Gasteiger partial charge in [-0.15, -0.1) is 11.8 Å². The topological polar surface area (TPSA) is 83.3 Å². The van der Waals surface area contributed by atoms with Crippen LogP contribution in [0.5, 0.6) is 0 Å². The van der Waals surface area contributed by atoms with E-state index in [1.54, 1.807) is 13.8 Å². The molecule has 0 N–H and O–H groups in total. The van der Waals surface area contributed by atoms with E-state index in [9.17, 15) is 20.0 Å². The summed E-state index contributed by atoms with van der Waals surface area (Å²) in [6, 6.07) is -0.701. The number of carboxylic acid groups (broad SMARTS) is 1. The highest BCUT2D eigenvalue weighted by Gasteiger charge is 2.34. The number of thioether (sulfide) groups is 1. The zero-order valence-electron chi connectivity index (χ0n) is 10.7. The van der Waals surface area contributed by atoms with E-state index in [0.717, 1.165) is 11.8 Å².